The van der Waals surface area contributed by atoms with Crippen molar-refractivity contribution in [3.63, 3.8) is 0 Å². The molecule has 0 unspecified atom stereocenters. The number of carbonyl (C=O) groups is 4. The number of ether oxygens (including phenoxy) is 1. The van der Waals surface area contributed by atoms with Crippen LogP contribution in [0.5, 0.6) is 5.75 Å². The van der Waals surface area contributed by atoms with Crippen LogP contribution in [0.3, 0.4) is 0 Å². The second-order valence-electron chi connectivity index (χ2n) is 9.33. The van der Waals surface area contributed by atoms with Gasteiger partial charge < -0.3 is 9.64 Å². The lowest BCUT2D eigenvalue weighted by molar-refractivity contribution is -0.139. The predicted molar refractivity (Wildman–Crippen MR) is 126 cm³/mol. The average molecular weight is 459 g/mol. The van der Waals surface area contributed by atoms with Crippen molar-refractivity contribution in [3.05, 3.63) is 66.2 Å². The molecule has 0 N–H and O–H groups in total. The lowest BCUT2D eigenvalue weighted by Gasteiger charge is -2.22. The van der Waals surface area contributed by atoms with E-state index in [2.05, 4.69) is 0 Å². The number of nitrogens with zero attached hydrogens (tertiary/aromatic N) is 2. The number of esters is 1. The van der Waals surface area contributed by atoms with Gasteiger partial charge in [0.05, 0.1) is 23.4 Å². The van der Waals surface area contributed by atoms with Crippen LogP contribution in [-0.2, 0) is 19.2 Å². The van der Waals surface area contributed by atoms with Crippen molar-refractivity contribution in [2.75, 3.05) is 16.3 Å². The first kappa shape index (κ1) is 22.1. The first-order chi connectivity index (χ1) is 16.3. The van der Waals surface area contributed by atoms with Gasteiger partial charge in [0, 0.05) is 18.7 Å². The Morgan fingerprint density at radius 1 is 1.00 bits per heavy atom. The number of carbonyl (C=O) groups excluding carboxylic acids is 4. The third kappa shape index (κ3) is 3.81. The van der Waals surface area contributed by atoms with Crippen molar-refractivity contribution < 1.29 is 23.9 Å². The van der Waals surface area contributed by atoms with Gasteiger partial charge in [0.15, 0.2) is 0 Å². The van der Waals surface area contributed by atoms with Gasteiger partial charge in [0.1, 0.15) is 5.75 Å². The van der Waals surface area contributed by atoms with Crippen LogP contribution in [0.25, 0.3) is 0 Å². The van der Waals surface area contributed by atoms with Crippen LogP contribution in [0, 0.1) is 30.6 Å². The van der Waals surface area contributed by atoms with Crippen molar-refractivity contribution in [2.45, 2.75) is 26.7 Å². The van der Waals surface area contributed by atoms with E-state index in [-0.39, 0.29) is 48.4 Å². The highest BCUT2D eigenvalue weighted by Crippen LogP contribution is 2.40. The molecule has 2 aromatic rings. The molecule has 0 spiro atoms. The number of benzene rings is 2. The molecule has 7 nitrogen and oxygen atoms in total. The fraction of sp³-hybridized carbons (Fsp3) is 0.333. The minimum atomic E-state index is -0.563. The number of amides is 3. The monoisotopic (exact) mass is 458 g/mol. The molecule has 0 aromatic heterocycles. The molecule has 2 fully saturated rings. The lowest BCUT2D eigenvalue weighted by atomic mass is 9.78. The van der Waals surface area contributed by atoms with E-state index in [4.69, 9.17) is 4.74 Å². The summed E-state index contributed by atoms with van der Waals surface area (Å²) in [7, 11) is 0. The molecule has 0 bridgehead atoms. The zero-order valence-electron chi connectivity index (χ0n) is 19.1. The first-order valence-corrected chi connectivity index (χ1v) is 11.6. The average Bonchev–Trinajstić information content (AvgIpc) is 3.33. The molecule has 2 saturated heterocycles. The van der Waals surface area contributed by atoms with E-state index >= 15 is 0 Å². The van der Waals surface area contributed by atoms with Crippen molar-refractivity contribution in [1.82, 2.24) is 0 Å². The molecule has 1 aliphatic carbocycles. The summed E-state index contributed by atoms with van der Waals surface area (Å²) in [5.41, 5.74) is 2.28. The maximum absolute atomic E-state index is 12.9. The Balaban J connectivity index is 1.25. The highest BCUT2D eigenvalue weighted by molar-refractivity contribution is 6.22. The molecular weight excluding hydrogens is 432 g/mol. The van der Waals surface area contributed by atoms with Crippen LogP contribution in [0.15, 0.2) is 60.7 Å². The van der Waals surface area contributed by atoms with E-state index in [0.29, 0.717) is 17.9 Å². The van der Waals surface area contributed by atoms with Crippen LogP contribution in [-0.4, -0.2) is 30.2 Å². The minimum absolute atomic E-state index is 0.0221. The molecule has 4 atom stereocenters. The molecule has 0 radical (unpaired) electrons. The van der Waals surface area contributed by atoms with Crippen LogP contribution in [0.1, 0.15) is 25.3 Å². The molecular formula is C27H26N2O5. The summed E-state index contributed by atoms with van der Waals surface area (Å²) in [5.74, 6) is -1.83. The fourth-order valence-corrected chi connectivity index (χ4v) is 5.18. The van der Waals surface area contributed by atoms with Crippen LogP contribution in [0.4, 0.5) is 11.4 Å². The number of hydrogen-bond donors (Lipinski definition) is 0. The van der Waals surface area contributed by atoms with E-state index in [1.807, 2.05) is 50.3 Å². The number of allylic oxidation sites excluding steroid dienone is 2. The topological polar surface area (TPSA) is 84.0 Å². The second-order valence-corrected chi connectivity index (χ2v) is 9.33. The van der Waals surface area contributed by atoms with Gasteiger partial charge in [-0.15, -0.1) is 0 Å². The number of fused-ring (bicyclic) bond motifs is 1. The van der Waals surface area contributed by atoms with E-state index in [1.54, 1.807) is 29.2 Å². The Kier molecular flexibility index (Phi) is 5.55. The van der Waals surface area contributed by atoms with Gasteiger partial charge in [-0.1, -0.05) is 31.2 Å². The summed E-state index contributed by atoms with van der Waals surface area (Å²) >= 11 is 0. The first-order valence-electron chi connectivity index (χ1n) is 11.6. The van der Waals surface area contributed by atoms with Gasteiger partial charge in [0.25, 0.3) is 0 Å². The van der Waals surface area contributed by atoms with E-state index in [9.17, 15) is 19.2 Å². The van der Waals surface area contributed by atoms with Crippen molar-refractivity contribution >= 4 is 35.1 Å². The Labute approximate surface area is 198 Å². The van der Waals surface area contributed by atoms with E-state index in [1.165, 1.54) is 4.90 Å². The molecule has 3 amide bonds. The van der Waals surface area contributed by atoms with Gasteiger partial charge in [-0.3, -0.25) is 24.1 Å². The molecule has 3 aliphatic rings. The van der Waals surface area contributed by atoms with Crippen molar-refractivity contribution in [3.8, 4) is 5.75 Å². The lowest BCUT2D eigenvalue weighted by Crippen LogP contribution is -2.31. The number of aryl methyl sites for hydroxylation is 1. The molecule has 34 heavy (non-hydrogen) atoms. The SMILES string of the molecule is Cc1cccc(N2C[C@H](C(=O)Oc3ccc(N4C(=O)[C@H]5[C@H](C)C=CC[C@H]5C4=O)cc3)CC2=O)c1. The molecule has 0 saturated carbocycles. The smallest absolute Gasteiger partial charge is 0.316 e. The summed E-state index contributed by atoms with van der Waals surface area (Å²) in [4.78, 5) is 53.9. The third-order valence-electron chi connectivity index (χ3n) is 6.96. The van der Waals surface area contributed by atoms with E-state index < -0.39 is 11.9 Å². The second kappa shape index (κ2) is 8.56. The third-order valence-corrected chi connectivity index (χ3v) is 6.96. The zero-order chi connectivity index (χ0) is 24.0. The maximum atomic E-state index is 12.9. The predicted octanol–water partition coefficient (Wildman–Crippen LogP) is 3.66. The standard InChI is InChI=1S/C27H26N2O5/c1-16-5-3-7-20(13-16)28-15-18(14-23(28)30)27(33)34-21-11-9-19(10-12-21)29-25(31)22-8-4-6-17(2)24(22)26(29)32/h3-7,9-13,17-18,22,24H,8,14-15H2,1-2H3/t17-,18-,22-,24+/m1/s1. The Morgan fingerprint density at radius 3 is 2.47 bits per heavy atom. The fourth-order valence-electron chi connectivity index (χ4n) is 5.18. The minimum Gasteiger partial charge on any atom is -0.426 e. The number of imide groups is 1. The zero-order valence-corrected chi connectivity index (χ0v) is 19.1. The molecule has 2 aliphatic heterocycles. The van der Waals surface area contributed by atoms with Gasteiger partial charge in [0.2, 0.25) is 17.7 Å². The number of rotatable bonds is 4. The molecule has 5 rings (SSSR count). The Bertz CT molecular complexity index is 1200. The highest BCUT2D eigenvalue weighted by atomic mass is 16.5. The number of hydrogen-bond acceptors (Lipinski definition) is 5. The molecule has 174 valence electrons. The van der Waals surface area contributed by atoms with Crippen LogP contribution < -0.4 is 14.5 Å². The van der Waals surface area contributed by atoms with Crippen LogP contribution >= 0.6 is 0 Å². The summed E-state index contributed by atoms with van der Waals surface area (Å²) in [6.07, 6.45) is 4.63. The largest absolute Gasteiger partial charge is 0.426 e. The normalized spacial score (nSPS) is 26.2. The summed E-state index contributed by atoms with van der Waals surface area (Å²) in [5, 5.41) is 0. The van der Waals surface area contributed by atoms with Crippen LogP contribution in [0.2, 0.25) is 0 Å². The summed E-state index contributed by atoms with van der Waals surface area (Å²) < 4.78 is 5.52. The van der Waals surface area contributed by atoms with Gasteiger partial charge >= 0.3 is 5.97 Å². The van der Waals surface area contributed by atoms with Gasteiger partial charge in [-0.25, -0.2) is 0 Å². The van der Waals surface area contributed by atoms with Crippen molar-refractivity contribution in [2.24, 2.45) is 23.7 Å². The maximum Gasteiger partial charge on any atom is 0.316 e. The van der Waals surface area contributed by atoms with Crippen molar-refractivity contribution in [1.29, 1.82) is 0 Å². The molecule has 7 heteroatoms. The molecule has 2 aromatic carbocycles. The Hall–Kier alpha value is -3.74. The van der Waals surface area contributed by atoms with E-state index in [0.717, 1.165) is 11.3 Å². The quantitative estimate of drug-likeness (QED) is 0.302. The van der Waals surface area contributed by atoms with Gasteiger partial charge in [-0.05, 0) is 61.2 Å². The Morgan fingerprint density at radius 2 is 1.76 bits per heavy atom. The molecule has 2 heterocycles. The summed E-state index contributed by atoms with van der Waals surface area (Å²) in [6.45, 7) is 4.18. The summed E-state index contributed by atoms with van der Waals surface area (Å²) in [6, 6.07) is 14.0. The van der Waals surface area contributed by atoms with Gasteiger partial charge in [-0.2, -0.15) is 0 Å². The number of anilines is 2. The highest BCUT2D eigenvalue weighted by Gasteiger charge is 2.50.